The number of para-hydroxylation sites is 1. The van der Waals surface area contributed by atoms with Crippen LogP contribution in [0.4, 0.5) is 10.1 Å². The Labute approximate surface area is 179 Å². The first kappa shape index (κ1) is 20.5. The molecule has 1 aliphatic heterocycles. The normalized spacial score (nSPS) is 14.1. The molecule has 2 heterocycles. The average Bonchev–Trinajstić information content (AvgIpc) is 3.02. The van der Waals surface area contributed by atoms with Gasteiger partial charge in [-0.1, -0.05) is 18.6 Å². The Bertz CT molecular complexity index is 1150. The molecule has 0 bridgehead atoms. The first-order chi connectivity index (χ1) is 15.1. The predicted octanol–water partition coefficient (Wildman–Crippen LogP) is 4.09. The highest BCUT2D eigenvalue weighted by molar-refractivity contribution is 5.94. The minimum atomic E-state index is -0.854. The van der Waals surface area contributed by atoms with E-state index in [0.717, 1.165) is 38.1 Å². The fourth-order valence-electron chi connectivity index (χ4n) is 3.61. The fourth-order valence-corrected chi connectivity index (χ4v) is 3.61. The van der Waals surface area contributed by atoms with Crippen LogP contribution in [0, 0.1) is 17.1 Å². The fraction of sp³-hybridized carbons (Fsp3) is 0.304. The summed E-state index contributed by atoms with van der Waals surface area (Å²) >= 11 is 0. The van der Waals surface area contributed by atoms with Crippen molar-refractivity contribution in [1.82, 2.24) is 14.8 Å². The third-order valence-corrected chi connectivity index (χ3v) is 5.26. The lowest BCUT2D eigenvalue weighted by Crippen LogP contribution is -2.30. The molecule has 0 radical (unpaired) electrons. The number of rotatable bonds is 5. The van der Waals surface area contributed by atoms with Gasteiger partial charge in [0.25, 0.3) is 5.91 Å². The van der Waals surface area contributed by atoms with Gasteiger partial charge in [-0.25, -0.2) is 4.39 Å². The van der Waals surface area contributed by atoms with Gasteiger partial charge in [-0.05, 0) is 50.1 Å². The number of aryl methyl sites for hydroxylation is 1. The molecule has 2 aromatic carbocycles. The van der Waals surface area contributed by atoms with Crippen LogP contribution in [0.1, 0.15) is 37.6 Å². The molecule has 3 aromatic rings. The van der Waals surface area contributed by atoms with E-state index < -0.39 is 17.8 Å². The third kappa shape index (κ3) is 4.40. The van der Waals surface area contributed by atoms with E-state index in [0.29, 0.717) is 28.4 Å². The standard InChI is InChI=1S/C23H22FN5O2/c1-15(31-20-8-5-4-7-16(20)14-25)23(30)26-17-10-11-19(24)18(13-17)22-28-27-21-9-3-2-6-12-29(21)22/h4-5,7-8,10-11,13,15H,2-3,6,9,12H2,1H3,(H,26,30). The van der Waals surface area contributed by atoms with Gasteiger partial charge in [0, 0.05) is 18.7 Å². The van der Waals surface area contributed by atoms with Crippen molar-refractivity contribution in [3.05, 3.63) is 59.7 Å². The Kier molecular flexibility index (Phi) is 5.94. The summed E-state index contributed by atoms with van der Waals surface area (Å²) in [6.45, 7) is 2.34. The number of aromatic nitrogens is 3. The minimum Gasteiger partial charge on any atom is -0.480 e. The number of amides is 1. The van der Waals surface area contributed by atoms with Crippen molar-refractivity contribution in [1.29, 1.82) is 5.26 Å². The largest absolute Gasteiger partial charge is 0.480 e. The monoisotopic (exact) mass is 419 g/mol. The Hall–Kier alpha value is -3.73. The van der Waals surface area contributed by atoms with Gasteiger partial charge in [0.15, 0.2) is 11.9 Å². The first-order valence-electron chi connectivity index (χ1n) is 10.3. The minimum absolute atomic E-state index is 0.293. The van der Waals surface area contributed by atoms with Crippen molar-refractivity contribution in [2.75, 3.05) is 5.32 Å². The molecule has 0 aliphatic carbocycles. The molecule has 1 atom stereocenters. The lowest BCUT2D eigenvalue weighted by Gasteiger charge is -2.16. The average molecular weight is 419 g/mol. The summed E-state index contributed by atoms with van der Waals surface area (Å²) in [7, 11) is 0. The second-order valence-electron chi connectivity index (χ2n) is 7.45. The second kappa shape index (κ2) is 8.96. The van der Waals surface area contributed by atoms with E-state index >= 15 is 0 Å². The molecule has 8 heteroatoms. The van der Waals surface area contributed by atoms with E-state index in [4.69, 9.17) is 4.74 Å². The zero-order valence-corrected chi connectivity index (χ0v) is 17.1. The highest BCUT2D eigenvalue weighted by atomic mass is 19.1. The molecular formula is C23H22FN5O2. The number of nitrogens with zero attached hydrogens (tertiary/aromatic N) is 4. The van der Waals surface area contributed by atoms with Gasteiger partial charge in [-0.15, -0.1) is 10.2 Å². The van der Waals surface area contributed by atoms with Gasteiger partial charge >= 0.3 is 0 Å². The van der Waals surface area contributed by atoms with Crippen LogP contribution >= 0.6 is 0 Å². The van der Waals surface area contributed by atoms with Crippen molar-refractivity contribution >= 4 is 11.6 Å². The van der Waals surface area contributed by atoms with Gasteiger partial charge in [-0.3, -0.25) is 4.79 Å². The van der Waals surface area contributed by atoms with E-state index in [1.807, 2.05) is 10.6 Å². The van der Waals surface area contributed by atoms with Crippen LogP contribution < -0.4 is 10.1 Å². The topological polar surface area (TPSA) is 92.8 Å². The number of hydrogen-bond donors (Lipinski definition) is 1. The van der Waals surface area contributed by atoms with Crippen molar-refractivity contribution in [2.24, 2.45) is 0 Å². The van der Waals surface area contributed by atoms with Crippen LogP contribution in [0.2, 0.25) is 0 Å². The number of halogens is 1. The molecule has 4 rings (SSSR count). The molecule has 31 heavy (non-hydrogen) atoms. The molecule has 1 aromatic heterocycles. The number of nitriles is 1. The zero-order valence-electron chi connectivity index (χ0n) is 17.1. The Balaban J connectivity index is 1.53. The maximum Gasteiger partial charge on any atom is 0.265 e. The van der Waals surface area contributed by atoms with Crippen molar-refractivity contribution < 1.29 is 13.9 Å². The molecule has 0 spiro atoms. The van der Waals surface area contributed by atoms with Gasteiger partial charge in [0.2, 0.25) is 0 Å². The molecule has 1 amide bonds. The smallest absolute Gasteiger partial charge is 0.265 e. The van der Waals surface area contributed by atoms with Gasteiger partial charge in [-0.2, -0.15) is 5.26 Å². The maximum atomic E-state index is 14.6. The summed E-state index contributed by atoms with van der Waals surface area (Å²) in [6, 6.07) is 13.1. The first-order valence-corrected chi connectivity index (χ1v) is 10.3. The molecular weight excluding hydrogens is 397 g/mol. The third-order valence-electron chi connectivity index (χ3n) is 5.26. The molecule has 1 aliphatic rings. The number of anilines is 1. The van der Waals surface area contributed by atoms with Crippen LogP contribution in [0.15, 0.2) is 42.5 Å². The molecule has 1 unspecified atom stereocenters. The highest BCUT2D eigenvalue weighted by Gasteiger charge is 2.21. The summed E-state index contributed by atoms with van der Waals surface area (Å²) in [5.41, 5.74) is 1.07. The quantitative estimate of drug-likeness (QED) is 0.672. The van der Waals surface area contributed by atoms with Crippen LogP contribution in [-0.2, 0) is 17.8 Å². The molecule has 1 N–H and O–H groups in total. The number of nitrogens with one attached hydrogen (secondary N) is 1. The molecule has 158 valence electrons. The molecule has 0 saturated carbocycles. The lowest BCUT2D eigenvalue weighted by atomic mass is 10.1. The number of hydrogen-bond acceptors (Lipinski definition) is 5. The summed E-state index contributed by atoms with van der Waals surface area (Å²) in [6.07, 6.45) is 3.11. The van der Waals surface area contributed by atoms with Crippen LogP contribution in [0.25, 0.3) is 11.4 Å². The van der Waals surface area contributed by atoms with E-state index in [1.54, 1.807) is 37.3 Å². The van der Waals surface area contributed by atoms with Gasteiger partial charge in [0.05, 0.1) is 11.1 Å². The molecule has 0 fully saturated rings. The number of carbonyl (C=O) groups excluding carboxylic acids is 1. The number of carbonyl (C=O) groups is 1. The summed E-state index contributed by atoms with van der Waals surface area (Å²) in [5, 5.41) is 20.4. The van der Waals surface area contributed by atoms with Crippen LogP contribution in [-0.4, -0.2) is 26.8 Å². The van der Waals surface area contributed by atoms with E-state index in [9.17, 15) is 14.4 Å². The van der Waals surface area contributed by atoms with Gasteiger partial charge < -0.3 is 14.6 Å². The highest BCUT2D eigenvalue weighted by Crippen LogP contribution is 2.28. The van der Waals surface area contributed by atoms with Crippen LogP contribution in [0.3, 0.4) is 0 Å². The Morgan fingerprint density at radius 3 is 2.90 bits per heavy atom. The molecule has 0 saturated heterocycles. The summed E-state index contributed by atoms with van der Waals surface area (Å²) in [5.74, 6) is 0.825. The van der Waals surface area contributed by atoms with Crippen molar-refractivity contribution in [3.63, 3.8) is 0 Å². The summed E-state index contributed by atoms with van der Waals surface area (Å²) in [4.78, 5) is 12.6. The number of ether oxygens (including phenoxy) is 1. The number of fused-ring (bicyclic) bond motifs is 1. The summed E-state index contributed by atoms with van der Waals surface area (Å²) < 4.78 is 22.2. The van der Waals surface area contributed by atoms with E-state index in [-0.39, 0.29) is 0 Å². The van der Waals surface area contributed by atoms with E-state index in [2.05, 4.69) is 15.5 Å². The number of benzene rings is 2. The molecule has 7 nitrogen and oxygen atoms in total. The Morgan fingerprint density at radius 2 is 2.06 bits per heavy atom. The maximum absolute atomic E-state index is 14.6. The van der Waals surface area contributed by atoms with Gasteiger partial charge in [0.1, 0.15) is 23.5 Å². The Morgan fingerprint density at radius 1 is 1.23 bits per heavy atom. The predicted molar refractivity (Wildman–Crippen MR) is 113 cm³/mol. The van der Waals surface area contributed by atoms with E-state index in [1.165, 1.54) is 12.1 Å². The SMILES string of the molecule is CC(Oc1ccccc1C#N)C(=O)Nc1ccc(F)c(-c2nnc3n2CCCCC3)c1. The second-order valence-corrected chi connectivity index (χ2v) is 7.45. The van der Waals surface area contributed by atoms with Crippen molar-refractivity contribution in [3.8, 4) is 23.2 Å². The van der Waals surface area contributed by atoms with Crippen LogP contribution in [0.5, 0.6) is 5.75 Å². The lowest BCUT2D eigenvalue weighted by molar-refractivity contribution is -0.122. The van der Waals surface area contributed by atoms with Crippen molar-refractivity contribution in [2.45, 2.75) is 45.3 Å². The zero-order chi connectivity index (χ0) is 21.8.